The number of rotatable bonds is 5. The summed E-state index contributed by atoms with van der Waals surface area (Å²) in [5, 5.41) is 0. The van der Waals surface area contributed by atoms with Crippen LogP contribution in [0.4, 0.5) is 0 Å². The molecular weight excluding hydrogens is 385 g/mol. The highest BCUT2D eigenvalue weighted by molar-refractivity contribution is 14.1. The standard InChI is InChI=1S/C15H16INO2S/c1-12-7-9-14(10-8-12)20(18,19)17-15(11-16)13-5-3-2-4-6-13/h2-10,15,17H,11H2,1H3. The summed E-state index contributed by atoms with van der Waals surface area (Å²) in [6.45, 7) is 1.93. The Balaban J connectivity index is 2.24. The van der Waals surface area contributed by atoms with Crippen LogP contribution in [0.1, 0.15) is 17.2 Å². The summed E-state index contributed by atoms with van der Waals surface area (Å²) < 4.78 is 28.2. The molecule has 5 heteroatoms. The molecule has 0 fully saturated rings. The first-order valence-corrected chi connectivity index (χ1v) is 9.24. The van der Waals surface area contributed by atoms with E-state index in [0.717, 1.165) is 11.1 Å². The Hall–Kier alpha value is -0.920. The van der Waals surface area contributed by atoms with Crippen molar-refractivity contribution in [2.75, 3.05) is 4.43 Å². The van der Waals surface area contributed by atoms with Crippen molar-refractivity contribution >= 4 is 32.6 Å². The summed E-state index contributed by atoms with van der Waals surface area (Å²) in [7, 11) is -3.49. The first kappa shape index (κ1) is 15.5. The molecule has 1 unspecified atom stereocenters. The van der Waals surface area contributed by atoms with Gasteiger partial charge in [-0.1, -0.05) is 70.6 Å². The van der Waals surface area contributed by atoms with Crippen molar-refractivity contribution < 1.29 is 8.42 Å². The van der Waals surface area contributed by atoms with Crippen molar-refractivity contribution in [3.05, 3.63) is 65.7 Å². The topological polar surface area (TPSA) is 46.2 Å². The van der Waals surface area contributed by atoms with Crippen LogP contribution in [0.3, 0.4) is 0 Å². The normalized spacial score (nSPS) is 13.1. The molecule has 0 bridgehead atoms. The second kappa shape index (κ2) is 6.69. The van der Waals surface area contributed by atoms with Gasteiger partial charge in [0, 0.05) is 4.43 Å². The first-order valence-electron chi connectivity index (χ1n) is 6.23. The van der Waals surface area contributed by atoms with Crippen LogP contribution in [0.5, 0.6) is 0 Å². The first-order chi connectivity index (χ1) is 9.53. The Labute approximate surface area is 133 Å². The van der Waals surface area contributed by atoms with Crippen LogP contribution in [0.25, 0.3) is 0 Å². The van der Waals surface area contributed by atoms with Crippen LogP contribution < -0.4 is 4.72 Å². The molecule has 3 nitrogen and oxygen atoms in total. The van der Waals surface area contributed by atoms with E-state index in [1.54, 1.807) is 24.3 Å². The second-order valence-corrected chi connectivity index (χ2v) is 7.15. The Bertz CT molecular complexity index is 654. The van der Waals surface area contributed by atoms with Gasteiger partial charge < -0.3 is 0 Å². The van der Waals surface area contributed by atoms with Crippen LogP contribution in [0.2, 0.25) is 0 Å². The van der Waals surface area contributed by atoms with E-state index in [1.807, 2.05) is 37.3 Å². The Morgan fingerprint density at radius 3 is 2.20 bits per heavy atom. The lowest BCUT2D eigenvalue weighted by atomic mass is 10.1. The van der Waals surface area contributed by atoms with Gasteiger partial charge in [0.15, 0.2) is 0 Å². The highest BCUT2D eigenvalue weighted by atomic mass is 127. The zero-order valence-corrected chi connectivity index (χ0v) is 14.1. The molecule has 0 saturated carbocycles. The summed E-state index contributed by atoms with van der Waals surface area (Å²) in [5.74, 6) is 0. The van der Waals surface area contributed by atoms with Gasteiger partial charge in [-0.15, -0.1) is 0 Å². The largest absolute Gasteiger partial charge is 0.241 e. The molecule has 2 aromatic carbocycles. The average Bonchev–Trinajstić information content (AvgIpc) is 2.46. The fourth-order valence-corrected chi connectivity index (χ4v) is 4.10. The maximum atomic E-state index is 12.4. The molecule has 106 valence electrons. The van der Waals surface area contributed by atoms with Crippen LogP contribution in [0, 0.1) is 6.92 Å². The van der Waals surface area contributed by atoms with E-state index in [1.165, 1.54) is 0 Å². The van der Waals surface area contributed by atoms with Crippen LogP contribution >= 0.6 is 22.6 Å². The van der Waals surface area contributed by atoms with Crippen molar-refractivity contribution in [2.24, 2.45) is 0 Å². The number of alkyl halides is 1. The number of benzene rings is 2. The molecule has 2 rings (SSSR count). The fourth-order valence-electron chi connectivity index (χ4n) is 1.85. The highest BCUT2D eigenvalue weighted by Gasteiger charge is 2.20. The van der Waals surface area contributed by atoms with Crippen molar-refractivity contribution in [1.29, 1.82) is 0 Å². The summed E-state index contributed by atoms with van der Waals surface area (Å²) in [6, 6.07) is 16.3. The molecule has 0 aromatic heterocycles. The van der Waals surface area contributed by atoms with E-state index >= 15 is 0 Å². The lowest BCUT2D eigenvalue weighted by Crippen LogP contribution is -2.29. The molecule has 0 aliphatic carbocycles. The molecule has 2 aromatic rings. The SMILES string of the molecule is Cc1ccc(S(=O)(=O)NC(CI)c2ccccc2)cc1. The predicted molar refractivity (Wildman–Crippen MR) is 89.6 cm³/mol. The average molecular weight is 401 g/mol. The zero-order valence-electron chi connectivity index (χ0n) is 11.1. The van der Waals surface area contributed by atoms with Gasteiger partial charge in [0.25, 0.3) is 0 Å². The van der Waals surface area contributed by atoms with E-state index in [0.29, 0.717) is 9.32 Å². The molecule has 0 heterocycles. The quantitative estimate of drug-likeness (QED) is 0.616. The summed E-state index contributed by atoms with van der Waals surface area (Å²) in [4.78, 5) is 0.300. The molecule has 0 amide bonds. The van der Waals surface area contributed by atoms with Crippen molar-refractivity contribution in [3.63, 3.8) is 0 Å². The number of nitrogens with one attached hydrogen (secondary N) is 1. The van der Waals surface area contributed by atoms with Crippen LogP contribution in [-0.2, 0) is 10.0 Å². The number of hydrogen-bond donors (Lipinski definition) is 1. The maximum Gasteiger partial charge on any atom is 0.241 e. The van der Waals surface area contributed by atoms with Gasteiger partial charge in [-0.25, -0.2) is 13.1 Å². The molecule has 0 radical (unpaired) electrons. The van der Waals surface area contributed by atoms with Gasteiger partial charge in [-0.2, -0.15) is 0 Å². The van der Waals surface area contributed by atoms with Crippen LogP contribution in [0.15, 0.2) is 59.5 Å². The van der Waals surface area contributed by atoms with Crippen molar-refractivity contribution in [2.45, 2.75) is 17.9 Å². The minimum Gasteiger partial charge on any atom is -0.207 e. The third-order valence-corrected chi connectivity index (χ3v) is 5.35. The second-order valence-electron chi connectivity index (χ2n) is 4.55. The Morgan fingerprint density at radius 1 is 1.05 bits per heavy atom. The van der Waals surface area contributed by atoms with Gasteiger partial charge in [0.05, 0.1) is 10.9 Å². The van der Waals surface area contributed by atoms with E-state index in [2.05, 4.69) is 27.3 Å². The molecule has 1 N–H and O–H groups in total. The molecule has 0 saturated heterocycles. The number of aryl methyl sites for hydroxylation is 1. The number of sulfonamides is 1. The Kier molecular flexibility index (Phi) is 5.17. The van der Waals surface area contributed by atoms with Gasteiger partial charge in [-0.3, -0.25) is 0 Å². The van der Waals surface area contributed by atoms with E-state index in [4.69, 9.17) is 0 Å². The number of hydrogen-bond acceptors (Lipinski definition) is 2. The summed E-state index contributed by atoms with van der Waals surface area (Å²) in [6.07, 6.45) is 0. The van der Waals surface area contributed by atoms with Crippen molar-refractivity contribution in [1.82, 2.24) is 4.72 Å². The smallest absolute Gasteiger partial charge is 0.207 e. The third-order valence-electron chi connectivity index (χ3n) is 2.98. The van der Waals surface area contributed by atoms with Gasteiger partial charge in [0.1, 0.15) is 0 Å². The molecule has 1 atom stereocenters. The highest BCUT2D eigenvalue weighted by Crippen LogP contribution is 2.19. The molecular formula is C15H16INO2S. The van der Waals surface area contributed by atoms with Crippen LogP contribution in [-0.4, -0.2) is 12.8 Å². The summed E-state index contributed by atoms with van der Waals surface area (Å²) >= 11 is 2.19. The molecule has 0 aliphatic rings. The third kappa shape index (κ3) is 3.80. The lowest BCUT2D eigenvalue weighted by molar-refractivity contribution is 0.569. The van der Waals surface area contributed by atoms with Gasteiger partial charge in [0.2, 0.25) is 10.0 Å². The van der Waals surface area contributed by atoms with E-state index in [9.17, 15) is 8.42 Å². The molecule has 0 spiro atoms. The summed E-state index contributed by atoms with van der Waals surface area (Å²) in [5.41, 5.74) is 2.01. The minimum atomic E-state index is -3.49. The Morgan fingerprint density at radius 2 is 1.65 bits per heavy atom. The van der Waals surface area contributed by atoms with E-state index < -0.39 is 10.0 Å². The molecule has 20 heavy (non-hydrogen) atoms. The monoisotopic (exact) mass is 401 g/mol. The lowest BCUT2D eigenvalue weighted by Gasteiger charge is -2.17. The van der Waals surface area contributed by atoms with Gasteiger partial charge >= 0.3 is 0 Å². The minimum absolute atomic E-state index is 0.219. The predicted octanol–water partition coefficient (Wildman–Crippen LogP) is 3.45. The van der Waals surface area contributed by atoms with Gasteiger partial charge in [-0.05, 0) is 24.6 Å². The maximum absolute atomic E-state index is 12.4. The zero-order chi connectivity index (χ0) is 14.6. The van der Waals surface area contributed by atoms with Crippen molar-refractivity contribution in [3.8, 4) is 0 Å². The molecule has 0 aliphatic heterocycles. The van der Waals surface area contributed by atoms with E-state index in [-0.39, 0.29) is 6.04 Å². The fraction of sp³-hybridized carbons (Fsp3) is 0.200. The number of halogens is 1.